The lowest BCUT2D eigenvalue weighted by molar-refractivity contribution is -0.139. The average Bonchev–Trinajstić information content (AvgIpc) is 2.60. The van der Waals surface area contributed by atoms with Gasteiger partial charge in [-0.1, -0.05) is 18.2 Å². The third kappa shape index (κ3) is 4.74. The van der Waals surface area contributed by atoms with E-state index in [1.165, 1.54) is 30.3 Å². The number of alkyl halides is 3. The van der Waals surface area contributed by atoms with Crippen LogP contribution in [0.4, 0.5) is 17.6 Å². The second-order valence-corrected chi connectivity index (χ2v) is 6.79. The molecule has 0 aliphatic carbocycles. The van der Waals surface area contributed by atoms with Crippen LogP contribution in [-0.2, 0) is 10.9 Å². The van der Waals surface area contributed by atoms with Gasteiger partial charge in [-0.3, -0.25) is 0 Å². The minimum atomic E-state index is -4.44. The average molecular weight is 371 g/mol. The first-order chi connectivity index (χ1) is 11.9. The van der Waals surface area contributed by atoms with Gasteiger partial charge in [0.25, 0.3) is 0 Å². The molecule has 0 amide bonds. The molecular formula is C18H17F4NOS. The van der Waals surface area contributed by atoms with Crippen molar-refractivity contribution in [3.8, 4) is 11.1 Å². The lowest BCUT2D eigenvalue weighted by atomic mass is 10.0. The maximum Gasteiger partial charge on any atom is 0.417 e. The van der Waals surface area contributed by atoms with Gasteiger partial charge in [-0.15, -0.1) is 11.8 Å². The maximum absolute atomic E-state index is 13.4. The SMILES string of the molecule is Fc1cccc(-c2ccc(C(F)(F)F)c(SC[C@@H]3CNCCO3)c2)c1. The smallest absolute Gasteiger partial charge is 0.375 e. The number of rotatable bonds is 4. The van der Waals surface area contributed by atoms with Crippen molar-refractivity contribution in [1.82, 2.24) is 5.32 Å². The molecule has 1 heterocycles. The Bertz CT molecular complexity index is 729. The fourth-order valence-corrected chi connectivity index (χ4v) is 3.76. The van der Waals surface area contributed by atoms with Crippen LogP contribution in [0.5, 0.6) is 0 Å². The van der Waals surface area contributed by atoms with E-state index in [9.17, 15) is 17.6 Å². The van der Waals surface area contributed by atoms with Gasteiger partial charge in [-0.05, 0) is 35.4 Å². The second-order valence-electron chi connectivity index (χ2n) is 5.73. The van der Waals surface area contributed by atoms with E-state index in [1.54, 1.807) is 6.07 Å². The van der Waals surface area contributed by atoms with Crippen molar-refractivity contribution in [2.24, 2.45) is 0 Å². The van der Waals surface area contributed by atoms with Gasteiger partial charge in [0.1, 0.15) is 5.82 Å². The number of hydrogen-bond acceptors (Lipinski definition) is 3. The second kappa shape index (κ2) is 7.76. The van der Waals surface area contributed by atoms with Crippen LogP contribution < -0.4 is 5.32 Å². The molecular weight excluding hydrogens is 354 g/mol. The summed E-state index contributed by atoms with van der Waals surface area (Å²) in [6.45, 7) is 1.93. The minimum absolute atomic E-state index is 0.127. The molecule has 7 heteroatoms. The standard InChI is InChI=1S/C18H17F4NOS/c19-14-3-1-2-12(8-14)13-4-5-16(18(20,21)22)17(9-13)25-11-15-10-23-6-7-24-15/h1-5,8-9,15,23H,6-7,10-11H2/t15-/m0/s1. The highest BCUT2D eigenvalue weighted by molar-refractivity contribution is 7.99. The molecule has 134 valence electrons. The van der Waals surface area contributed by atoms with Gasteiger partial charge in [0.05, 0.1) is 18.3 Å². The first-order valence-corrected chi connectivity index (χ1v) is 8.84. The van der Waals surface area contributed by atoms with Crippen LogP contribution in [0.2, 0.25) is 0 Å². The zero-order valence-electron chi connectivity index (χ0n) is 13.3. The Labute approximate surface area is 147 Å². The highest BCUT2D eigenvalue weighted by atomic mass is 32.2. The molecule has 1 aliphatic rings. The molecule has 0 saturated carbocycles. The Morgan fingerprint density at radius 3 is 2.60 bits per heavy atom. The monoisotopic (exact) mass is 371 g/mol. The van der Waals surface area contributed by atoms with Crippen LogP contribution in [0.25, 0.3) is 11.1 Å². The Morgan fingerprint density at radius 1 is 1.12 bits per heavy atom. The highest BCUT2D eigenvalue weighted by Gasteiger charge is 2.34. The third-order valence-electron chi connectivity index (χ3n) is 3.87. The normalized spacial score (nSPS) is 18.3. The fourth-order valence-electron chi connectivity index (χ4n) is 2.63. The van der Waals surface area contributed by atoms with E-state index >= 15 is 0 Å². The molecule has 1 N–H and O–H groups in total. The highest BCUT2D eigenvalue weighted by Crippen LogP contribution is 2.39. The molecule has 2 aromatic carbocycles. The third-order valence-corrected chi connectivity index (χ3v) is 5.06. The van der Waals surface area contributed by atoms with Gasteiger partial charge >= 0.3 is 6.18 Å². The number of hydrogen-bond donors (Lipinski definition) is 1. The molecule has 0 spiro atoms. The molecule has 0 aromatic heterocycles. The first kappa shape index (κ1) is 18.2. The van der Waals surface area contributed by atoms with Crippen LogP contribution >= 0.6 is 11.8 Å². The van der Waals surface area contributed by atoms with Crippen LogP contribution in [0, 0.1) is 5.82 Å². The van der Waals surface area contributed by atoms with Gasteiger partial charge in [0, 0.05) is 23.7 Å². The predicted octanol–water partition coefficient (Wildman–Crippen LogP) is 4.59. The minimum Gasteiger partial charge on any atom is -0.375 e. The summed E-state index contributed by atoms with van der Waals surface area (Å²) in [5.41, 5.74) is 0.422. The van der Waals surface area contributed by atoms with Gasteiger partial charge in [0.2, 0.25) is 0 Å². The number of benzene rings is 2. The summed E-state index contributed by atoms with van der Waals surface area (Å²) in [6.07, 6.45) is -4.56. The van der Waals surface area contributed by atoms with Crippen molar-refractivity contribution in [3.05, 3.63) is 53.8 Å². The summed E-state index contributed by atoms with van der Waals surface area (Å²) >= 11 is 1.11. The molecule has 0 unspecified atom stereocenters. The Kier molecular flexibility index (Phi) is 5.66. The summed E-state index contributed by atoms with van der Waals surface area (Å²) < 4.78 is 58.8. The van der Waals surface area contributed by atoms with Crippen molar-refractivity contribution in [2.45, 2.75) is 17.2 Å². The lowest BCUT2D eigenvalue weighted by Crippen LogP contribution is -2.39. The molecule has 25 heavy (non-hydrogen) atoms. The van der Waals surface area contributed by atoms with Gasteiger partial charge in [0.15, 0.2) is 0 Å². The molecule has 1 aliphatic heterocycles. The van der Waals surface area contributed by atoms with Crippen molar-refractivity contribution >= 4 is 11.8 Å². The zero-order chi connectivity index (χ0) is 17.9. The first-order valence-electron chi connectivity index (χ1n) is 7.86. The number of nitrogens with one attached hydrogen (secondary N) is 1. The van der Waals surface area contributed by atoms with Crippen LogP contribution in [-0.4, -0.2) is 31.6 Å². The van der Waals surface area contributed by atoms with Gasteiger partial charge < -0.3 is 10.1 Å². The number of morpholine rings is 1. The Hall–Kier alpha value is -1.57. The van der Waals surface area contributed by atoms with E-state index in [2.05, 4.69) is 5.32 Å². The lowest BCUT2D eigenvalue weighted by Gasteiger charge is -2.24. The summed E-state index contributed by atoms with van der Waals surface area (Å²) in [6, 6.07) is 9.73. The Balaban J connectivity index is 1.87. The molecule has 1 saturated heterocycles. The van der Waals surface area contributed by atoms with E-state index < -0.39 is 17.6 Å². The predicted molar refractivity (Wildman–Crippen MR) is 90.2 cm³/mol. The number of thioether (sulfide) groups is 1. The molecule has 0 bridgehead atoms. The van der Waals surface area contributed by atoms with Crippen molar-refractivity contribution in [3.63, 3.8) is 0 Å². The quantitative estimate of drug-likeness (QED) is 0.627. The largest absolute Gasteiger partial charge is 0.417 e. The van der Waals surface area contributed by atoms with E-state index in [1.807, 2.05) is 0 Å². The topological polar surface area (TPSA) is 21.3 Å². The molecule has 1 atom stereocenters. The van der Waals surface area contributed by atoms with Gasteiger partial charge in [-0.2, -0.15) is 13.2 Å². The molecule has 0 radical (unpaired) electrons. The number of ether oxygens (including phenoxy) is 1. The molecule has 1 fully saturated rings. The number of halogens is 4. The van der Waals surface area contributed by atoms with E-state index in [4.69, 9.17) is 4.74 Å². The molecule has 3 rings (SSSR count). The molecule has 2 aromatic rings. The van der Waals surface area contributed by atoms with E-state index in [-0.39, 0.29) is 11.0 Å². The summed E-state index contributed by atoms with van der Waals surface area (Å²) in [7, 11) is 0. The van der Waals surface area contributed by atoms with Crippen LogP contribution in [0.15, 0.2) is 47.4 Å². The summed E-state index contributed by atoms with van der Waals surface area (Å²) in [5.74, 6) is -0.00356. The van der Waals surface area contributed by atoms with Crippen LogP contribution in [0.3, 0.4) is 0 Å². The van der Waals surface area contributed by atoms with Crippen molar-refractivity contribution < 1.29 is 22.3 Å². The van der Waals surface area contributed by atoms with Crippen LogP contribution in [0.1, 0.15) is 5.56 Å². The van der Waals surface area contributed by atoms with E-state index in [0.717, 1.165) is 24.4 Å². The summed E-state index contributed by atoms with van der Waals surface area (Å²) in [5, 5.41) is 3.16. The van der Waals surface area contributed by atoms with Crippen molar-refractivity contribution in [1.29, 1.82) is 0 Å². The van der Waals surface area contributed by atoms with E-state index in [0.29, 0.717) is 30.0 Å². The van der Waals surface area contributed by atoms with Crippen molar-refractivity contribution in [2.75, 3.05) is 25.4 Å². The summed E-state index contributed by atoms with van der Waals surface area (Å²) in [4.78, 5) is 0.128. The maximum atomic E-state index is 13.4. The zero-order valence-corrected chi connectivity index (χ0v) is 14.1. The fraction of sp³-hybridized carbons (Fsp3) is 0.333. The van der Waals surface area contributed by atoms with Gasteiger partial charge in [-0.25, -0.2) is 4.39 Å². The Morgan fingerprint density at radius 2 is 1.92 bits per heavy atom. The molecule has 2 nitrogen and oxygen atoms in total.